The van der Waals surface area contributed by atoms with Gasteiger partial charge in [-0.15, -0.1) is 0 Å². The molecule has 1 aliphatic rings. The standard InChI is InChI=1S/C16H25NO2/c1-13-6-7-16-14(10-13)11-15(19-16)12-17-8-4-3-5-9-18-2/h6-7,10,15,17H,3-5,8-9,11-12H2,1-2H3. The first kappa shape index (κ1) is 14.4. The van der Waals surface area contributed by atoms with E-state index in [1.54, 1.807) is 7.11 Å². The fraction of sp³-hybridized carbons (Fsp3) is 0.625. The van der Waals surface area contributed by atoms with E-state index in [2.05, 4.69) is 30.4 Å². The van der Waals surface area contributed by atoms with Crippen LogP contribution in [0.5, 0.6) is 5.75 Å². The molecule has 19 heavy (non-hydrogen) atoms. The van der Waals surface area contributed by atoms with E-state index in [9.17, 15) is 0 Å². The van der Waals surface area contributed by atoms with Crippen molar-refractivity contribution in [3.63, 3.8) is 0 Å². The summed E-state index contributed by atoms with van der Waals surface area (Å²) in [6.45, 7) is 5.02. The summed E-state index contributed by atoms with van der Waals surface area (Å²) >= 11 is 0. The highest BCUT2D eigenvalue weighted by atomic mass is 16.5. The number of fused-ring (bicyclic) bond motifs is 1. The fourth-order valence-corrected chi connectivity index (χ4v) is 2.50. The van der Waals surface area contributed by atoms with E-state index in [0.717, 1.165) is 38.3 Å². The molecule has 0 aromatic heterocycles. The van der Waals surface area contributed by atoms with Gasteiger partial charge in [-0.2, -0.15) is 0 Å². The molecule has 0 saturated heterocycles. The van der Waals surface area contributed by atoms with E-state index in [-0.39, 0.29) is 0 Å². The van der Waals surface area contributed by atoms with Gasteiger partial charge in [-0.1, -0.05) is 17.7 Å². The van der Waals surface area contributed by atoms with Crippen LogP contribution in [-0.4, -0.2) is 32.9 Å². The van der Waals surface area contributed by atoms with Crippen LogP contribution in [0.4, 0.5) is 0 Å². The Balaban J connectivity index is 1.59. The van der Waals surface area contributed by atoms with E-state index >= 15 is 0 Å². The van der Waals surface area contributed by atoms with Gasteiger partial charge in [0.05, 0.1) is 0 Å². The van der Waals surface area contributed by atoms with Gasteiger partial charge in [0.2, 0.25) is 0 Å². The van der Waals surface area contributed by atoms with Crippen molar-refractivity contribution >= 4 is 0 Å². The Kier molecular flexibility index (Phi) is 5.67. The first-order valence-corrected chi connectivity index (χ1v) is 7.25. The fourth-order valence-electron chi connectivity index (χ4n) is 2.50. The molecule has 0 saturated carbocycles. The van der Waals surface area contributed by atoms with Crippen LogP contribution in [-0.2, 0) is 11.2 Å². The topological polar surface area (TPSA) is 30.5 Å². The maximum atomic E-state index is 5.92. The van der Waals surface area contributed by atoms with Gasteiger partial charge in [0.1, 0.15) is 11.9 Å². The molecule has 0 radical (unpaired) electrons. The minimum absolute atomic E-state index is 0.302. The average Bonchev–Trinajstić information content (AvgIpc) is 2.79. The van der Waals surface area contributed by atoms with Crippen LogP contribution in [0.25, 0.3) is 0 Å². The molecular formula is C16H25NO2. The lowest BCUT2D eigenvalue weighted by Gasteiger charge is -2.11. The quantitative estimate of drug-likeness (QED) is 0.732. The Morgan fingerprint density at radius 3 is 3.05 bits per heavy atom. The lowest BCUT2D eigenvalue weighted by molar-refractivity contribution is 0.191. The molecule has 0 amide bonds. The average molecular weight is 263 g/mol. The van der Waals surface area contributed by atoms with E-state index in [0.29, 0.717) is 6.10 Å². The third-order valence-corrected chi connectivity index (χ3v) is 3.53. The van der Waals surface area contributed by atoms with Crippen molar-refractivity contribution < 1.29 is 9.47 Å². The summed E-state index contributed by atoms with van der Waals surface area (Å²) in [5.41, 5.74) is 2.67. The number of nitrogens with one attached hydrogen (secondary N) is 1. The molecule has 1 heterocycles. The molecule has 3 heteroatoms. The molecule has 106 valence electrons. The summed E-state index contributed by atoms with van der Waals surface area (Å²) in [6.07, 6.45) is 4.93. The van der Waals surface area contributed by atoms with Crippen LogP contribution in [0.2, 0.25) is 0 Å². The monoisotopic (exact) mass is 263 g/mol. The molecule has 0 bridgehead atoms. The SMILES string of the molecule is COCCCCCNCC1Cc2cc(C)ccc2O1. The molecule has 0 aliphatic carbocycles. The van der Waals surface area contributed by atoms with Crippen molar-refractivity contribution in [2.45, 2.75) is 38.7 Å². The second-order valence-corrected chi connectivity index (χ2v) is 5.31. The van der Waals surface area contributed by atoms with E-state index in [4.69, 9.17) is 9.47 Å². The van der Waals surface area contributed by atoms with Crippen molar-refractivity contribution in [3.8, 4) is 5.75 Å². The number of aryl methyl sites for hydroxylation is 1. The molecule has 1 atom stereocenters. The largest absolute Gasteiger partial charge is 0.488 e. The van der Waals surface area contributed by atoms with Crippen LogP contribution < -0.4 is 10.1 Å². The van der Waals surface area contributed by atoms with E-state index in [1.165, 1.54) is 24.0 Å². The first-order valence-electron chi connectivity index (χ1n) is 7.25. The third-order valence-electron chi connectivity index (χ3n) is 3.53. The Hall–Kier alpha value is -1.06. The predicted molar refractivity (Wildman–Crippen MR) is 77.9 cm³/mol. The highest BCUT2D eigenvalue weighted by Gasteiger charge is 2.21. The summed E-state index contributed by atoms with van der Waals surface area (Å²) in [7, 11) is 1.76. The molecule has 1 aromatic carbocycles. The van der Waals surface area contributed by atoms with Crippen molar-refractivity contribution in [1.29, 1.82) is 0 Å². The Morgan fingerprint density at radius 2 is 2.21 bits per heavy atom. The highest BCUT2D eigenvalue weighted by molar-refractivity contribution is 5.40. The van der Waals surface area contributed by atoms with Crippen molar-refractivity contribution in [2.24, 2.45) is 0 Å². The summed E-state index contributed by atoms with van der Waals surface area (Å²) in [4.78, 5) is 0. The van der Waals surface area contributed by atoms with Gasteiger partial charge in [-0.25, -0.2) is 0 Å². The maximum absolute atomic E-state index is 5.92. The molecular weight excluding hydrogens is 238 g/mol. The molecule has 3 nitrogen and oxygen atoms in total. The van der Waals surface area contributed by atoms with Crippen LogP contribution in [0.3, 0.4) is 0 Å². The highest BCUT2D eigenvalue weighted by Crippen LogP contribution is 2.29. The van der Waals surface area contributed by atoms with Crippen molar-refractivity contribution in [2.75, 3.05) is 26.8 Å². The summed E-state index contributed by atoms with van der Waals surface area (Å²) < 4.78 is 11.0. The van der Waals surface area contributed by atoms with Gasteiger partial charge in [-0.3, -0.25) is 0 Å². The number of ether oxygens (including phenoxy) is 2. The van der Waals surface area contributed by atoms with Gasteiger partial charge in [-0.05, 0) is 44.4 Å². The zero-order valence-electron chi connectivity index (χ0n) is 12.1. The Bertz CT molecular complexity index is 392. The number of benzene rings is 1. The smallest absolute Gasteiger partial charge is 0.123 e. The lowest BCUT2D eigenvalue weighted by Crippen LogP contribution is -2.30. The molecule has 1 unspecified atom stereocenters. The summed E-state index contributed by atoms with van der Waals surface area (Å²) in [5.74, 6) is 1.07. The van der Waals surface area contributed by atoms with Crippen molar-refractivity contribution in [1.82, 2.24) is 5.32 Å². The number of hydrogen-bond donors (Lipinski definition) is 1. The molecule has 0 fully saturated rings. The number of methoxy groups -OCH3 is 1. The summed E-state index contributed by atoms with van der Waals surface area (Å²) in [5, 5.41) is 3.49. The zero-order chi connectivity index (χ0) is 13.5. The predicted octanol–water partition coefficient (Wildman–Crippen LogP) is 2.70. The molecule has 0 spiro atoms. The maximum Gasteiger partial charge on any atom is 0.123 e. The second-order valence-electron chi connectivity index (χ2n) is 5.31. The Labute approximate surface area is 116 Å². The minimum atomic E-state index is 0.302. The summed E-state index contributed by atoms with van der Waals surface area (Å²) in [6, 6.07) is 6.44. The number of rotatable bonds is 8. The second kappa shape index (κ2) is 7.51. The van der Waals surface area contributed by atoms with Gasteiger partial charge in [0, 0.05) is 26.7 Å². The molecule has 1 aromatic rings. The number of unbranched alkanes of at least 4 members (excludes halogenated alkanes) is 2. The minimum Gasteiger partial charge on any atom is -0.488 e. The van der Waals surface area contributed by atoms with Crippen LogP contribution in [0, 0.1) is 6.92 Å². The van der Waals surface area contributed by atoms with Gasteiger partial charge >= 0.3 is 0 Å². The normalized spacial score (nSPS) is 17.3. The van der Waals surface area contributed by atoms with Crippen LogP contribution >= 0.6 is 0 Å². The van der Waals surface area contributed by atoms with Crippen LogP contribution in [0.1, 0.15) is 30.4 Å². The van der Waals surface area contributed by atoms with E-state index < -0.39 is 0 Å². The van der Waals surface area contributed by atoms with Gasteiger partial charge in [0.25, 0.3) is 0 Å². The molecule has 1 aliphatic heterocycles. The van der Waals surface area contributed by atoms with E-state index in [1.807, 2.05) is 0 Å². The van der Waals surface area contributed by atoms with Crippen molar-refractivity contribution in [3.05, 3.63) is 29.3 Å². The lowest BCUT2D eigenvalue weighted by atomic mass is 10.1. The first-order chi connectivity index (χ1) is 9.29. The number of hydrogen-bond acceptors (Lipinski definition) is 3. The van der Waals surface area contributed by atoms with Gasteiger partial charge < -0.3 is 14.8 Å². The zero-order valence-corrected chi connectivity index (χ0v) is 12.1. The molecule has 1 N–H and O–H groups in total. The van der Waals surface area contributed by atoms with Gasteiger partial charge in [0.15, 0.2) is 0 Å². The Morgan fingerprint density at radius 1 is 1.32 bits per heavy atom. The van der Waals surface area contributed by atoms with Crippen LogP contribution in [0.15, 0.2) is 18.2 Å². The molecule has 2 rings (SSSR count). The third kappa shape index (κ3) is 4.51.